The summed E-state index contributed by atoms with van der Waals surface area (Å²) in [6.07, 6.45) is 3.21. The van der Waals surface area contributed by atoms with Crippen molar-refractivity contribution >= 4 is 23.3 Å². The van der Waals surface area contributed by atoms with Gasteiger partial charge in [0.1, 0.15) is 5.82 Å². The molecule has 6 heteroatoms. The molecule has 0 atom stereocenters. The summed E-state index contributed by atoms with van der Waals surface area (Å²) in [5, 5.41) is 1.99. The van der Waals surface area contributed by atoms with Crippen LogP contribution in [0.1, 0.15) is 16.0 Å². The summed E-state index contributed by atoms with van der Waals surface area (Å²) in [7, 11) is 3.17. The Balaban J connectivity index is 1.80. The highest BCUT2D eigenvalue weighted by Gasteiger charge is 2.14. The lowest BCUT2D eigenvalue weighted by Crippen LogP contribution is -2.28. The Bertz CT molecular complexity index is 968. The van der Waals surface area contributed by atoms with Gasteiger partial charge in [0.25, 0.3) is 0 Å². The van der Waals surface area contributed by atoms with Gasteiger partial charge in [-0.25, -0.2) is 4.39 Å². The number of ether oxygens (including phenoxy) is 2. The average molecular weight is 411 g/mol. The molecular weight excluding hydrogens is 389 g/mol. The van der Waals surface area contributed by atoms with E-state index in [0.29, 0.717) is 24.6 Å². The number of rotatable bonds is 8. The molecule has 1 aromatic heterocycles. The fourth-order valence-corrected chi connectivity index (χ4v) is 3.57. The number of hydrogen-bond donors (Lipinski definition) is 0. The van der Waals surface area contributed by atoms with Gasteiger partial charge in [-0.3, -0.25) is 4.79 Å². The van der Waals surface area contributed by atoms with Crippen LogP contribution in [0.5, 0.6) is 11.5 Å². The van der Waals surface area contributed by atoms with E-state index in [1.165, 1.54) is 18.2 Å². The van der Waals surface area contributed by atoms with Crippen LogP contribution < -0.4 is 9.47 Å². The van der Waals surface area contributed by atoms with E-state index in [4.69, 9.17) is 9.47 Å². The van der Waals surface area contributed by atoms with E-state index in [0.717, 1.165) is 16.0 Å². The molecule has 29 heavy (non-hydrogen) atoms. The molecule has 3 rings (SSSR count). The molecule has 0 fully saturated rings. The lowest BCUT2D eigenvalue weighted by molar-refractivity contribution is -0.127. The fraction of sp³-hybridized carbons (Fsp3) is 0.174. The van der Waals surface area contributed by atoms with Crippen LogP contribution in [0.3, 0.4) is 0 Å². The van der Waals surface area contributed by atoms with Crippen LogP contribution in [0.15, 0.2) is 66.1 Å². The third kappa shape index (κ3) is 5.68. The largest absolute Gasteiger partial charge is 0.493 e. The molecule has 0 unspecified atom stereocenters. The zero-order valence-corrected chi connectivity index (χ0v) is 17.1. The third-order valence-electron chi connectivity index (χ3n) is 4.35. The van der Waals surface area contributed by atoms with Gasteiger partial charge in [0.2, 0.25) is 5.91 Å². The quantitative estimate of drug-likeness (QED) is 0.482. The predicted octanol–water partition coefficient (Wildman–Crippen LogP) is 5.15. The number of halogens is 1. The van der Waals surface area contributed by atoms with Gasteiger partial charge in [0, 0.05) is 17.5 Å². The zero-order valence-electron chi connectivity index (χ0n) is 16.3. The third-order valence-corrected chi connectivity index (χ3v) is 5.21. The first kappa shape index (κ1) is 20.6. The second-order valence-corrected chi connectivity index (χ2v) is 7.38. The van der Waals surface area contributed by atoms with Crippen LogP contribution in [-0.2, 0) is 17.9 Å². The Morgan fingerprint density at radius 3 is 2.45 bits per heavy atom. The molecule has 1 heterocycles. The van der Waals surface area contributed by atoms with Crippen LogP contribution in [0.2, 0.25) is 0 Å². The van der Waals surface area contributed by atoms with E-state index in [1.807, 2.05) is 35.7 Å². The molecule has 150 valence electrons. The summed E-state index contributed by atoms with van der Waals surface area (Å²) < 4.78 is 23.7. The highest BCUT2D eigenvalue weighted by molar-refractivity contribution is 7.09. The van der Waals surface area contributed by atoms with Crippen molar-refractivity contribution < 1.29 is 18.7 Å². The Hall–Kier alpha value is -3.12. The molecule has 0 spiro atoms. The van der Waals surface area contributed by atoms with E-state index in [9.17, 15) is 9.18 Å². The van der Waals surface area contributed by atoms with Crippen molar-refractivity contribution in [2.24, 2.45) is 0 Å². The van der Waals surface area contributed by atoms with Gasteiger partial charge in [-0.15, -0.1) is 11.3 Å². The molecule has 0 saturated carbocycles. The Labute approximate surface area is 173 Å². The molecule has 2 aromatic carbocycles. The minimum atomic E-state index is -0.304. The van der Waals surface area contributed by atoms with Gasteiger partial charge < -0.3 is 14.4 Å². The number of thiophene rings is 1. The molecule has 3 aromatic rings. The molecule has 4 nitrogen and oxygen atoms in total. The minimum absolute atomic E-state index is 0.127. The Kier molecular flexibility index (Phi) is 7.03. The van der Waals surface area contributed by atoms with Crippen molar-refractivity contribution in [3.63, 3.8) is 0 Å². The number of amides is 1. The molecule has 0 aliphatic rings. The molecular formula is C23H22FNO3S. The zero-order chi connectivity index (χ0) is 20.6. The smallest absolute Gasteiger partial charge is 0.247 e. The van der Waals surface area contributed by atoms with Gasteiger partial charge in [-0.05, 0) is 52.9 Å². The first-order valence-corrected chi connectivity index (χ1v) is 9.93. The van der Waals surface area contributed by atoms with Crippen molar-refractivity contribution in [1.29, 1.82) is 0 Å². The second kappa shape index (κ2) is 9.89. The molecule has 0 saturated heterocycles. The minimum Gasteiger partial charge on any atom is -0.493 e. The lowest BCUT2D eigenvalue weighted by atomic mass is 10.1. The maximum Gasteiger partial charge on any atom is 0.247 e. The van der Waals surface area contributed by atoms with Crippen LogP contribution in [0.4, 0.5) is 4.39 Å². The van der Waals surface area contributed by atoms with Crippen molar-refractivity contribution in [3.05, 3.63) is 87.9 Å². The van der Waals surface area contributed by atoms with E-state index >= 15 is 0 Å². The van der Waals surface area contributed by atoms with Crippen LogP contribution in [0, 0.1) is 5.82 Å². The molecule has 0 bridgehead atoms. The van der Waals surface area contributed by atoms with Gasteiger partial charge in [-0.1, -0.05) is 24.3 Å². The van der Waals surface area contributed by atoms with E-state index in [2.05, 4.69) is 0 Å². The van der Waals surface area contributed by atoms with E-state index in [1.54, 1.807) is 48.7 Å². The maximum absolute atomic E-state index is 13.1. The summed E-state index contributed by atoms with van der Waals surface area (Å²) >= 11 is 1.60. The predicted molar refractivity (Wildman–Crippen MR) is 114 cm³/mol. The van der Waals surface area contributed by atoms with Crippen LogP contribution in [-0.4, -0.2) is 25.0 Å². The number of carbonyl (C=O) groups is 1. The maximum atomic E-state index is 13.1. The fourth-order valence-electron chi connectivity index (χ4n) is 2.85. The van der Waals surface area contributed by atoms with Gasteiger partial charge in [0.05, 0.1) is 20.8 Å². The lowest BCUT2D eigenvalue weighted by Gasteiger charge is -2.21. The highest BCUT2D eigenvalue weighted by Crippen LogP contribution is 2.28. The van der Waals surface area contributed by atoms with Gasteiger partial charge in [0.15, 0.2) is 11.5 Å². The number of hydrogen-bond acceptors (Lipinski definition) is 4. The van der Waals surface area contributed by atoms with E-state index in [-0.39, 0.29) is 11.7 Å². The summed E-state index contributed by atoms with van der Waals surface area (Å²) in [6, 6.07) is 15.6. The summed E-state index contributed by atoms with van der Waals surface area (Å²) in [5.41, 5.74) is 1.70. The Morgan fingerprint density at radius 1 is 1.03 bits per heavy atom. The van der Waals surface area contributed by atoms with Crippen molar-refractivity contribution in [2.75, 3.05) is 14.2 Å². The number of carbonyl (C=O) groups excluding carboxylic acids is 1. The van der Waals surface area contributed by atoms with Crippen LogP contribution >= 0.6 is 11.3 Å². The molecule has 0 aliphatic carbocycles. The first-order valence-electron chi connectivity index (χ1n) is 9.05. The summed E-state index contributed by atoms with van der Waals surface area (Å²) in [4.78, 5) is 15.8. The van der Waals surface area contributed by atoms with Gasteiger partial charge >= 0.3 is 0 Å². The average Bonchev–Trinajstić information content (AvgIpc) is 3.25. The van der Waals surface area contributed by atoms with Gasteiger partial charge in [-0.2, -0.15) is 0 Å². The Morgan fingerprint density at radius 2 is 1.79 bits per heavy atom. The first-order chi connectivity index (χ1) is 14.1. The molecule has 0 N–H and O–H groups in total. The molecule has 0 aliphatic heterocycles. The molecule has 1 amide bonds. The number of benzene rings is 2. The molecule has 0 radical (unpaired) electrons. The van der Waals surface area contributed by atoms with Crippen molar-refractivity contribution in [2.45, 2.75) is 13.1 Å². The van der Waals surface area contributed by atoms with Crippen LogP contribution in [0.25, 0.3) is 6.08 Å². The van der Waals surface area contributed by atoms with Crippen molar-refractivity contribution in [1.82, 2.24) is 4.90 Å². The number of methoxy groups -OCH3 is 2. The number of nitrogens with zero attached hydrogens (tertiary/aromatic N) is 1. The standard InChI is InChI=1S/C23H22FNO3S/c1-27-21-11-7-18(14-22(21)28-2)15-25(16-20-4-3-13-29-20)23(26)12-8-17-5-9-19(24)10-6-17/h3-14H,15-16H2,1-2H3. The monoisotopic (exact) mass is 411 g/mol. The van der Waals surface area contributed by atoms with E-state index < -0.39 is 0 Å². The second-order valence-electron chi connectivity index (χ2n) is 6.35. The topological polar surface area (TPSA) is 38.8 Å². The SMILES string of the molecule is COc1ccc(CN(Cc2cccs2)C(=O)C=Cc2ccc(F)cc2)cc1OC. The normalized spacial score (nSPS) is 10.9. The highest BCUT2D eigenvalue weighted by atomic mass is 32.1. The summed E-state index contributed by atoms with van der Waals surface area (Å²) in [5.74, 6) is 0.831. The summed E-state index contributed by atoms with van der Waals surface area (Å²) in [6.45, 7) is 0.920. The van der Waals surface area contributed by atoms with Crippen molar-refractivity contribution in [3.8, 4) is 11.5 Å².